The molecule has 1 amide bonds. The molecule has 0 atom stereocenters. The molecule has 2 rings (SSSR count). The summed E-state index contributed by atoms with van der Waals surface area (Å²) in [6, 6.07) is 4.71. The molecule has 100 valence electrons. The molecule has 0 fully saturated rings. The average Bonchev–Trinajstić information content (AvgIpc) is 2.77. The van der Waals surface area contributed by atoms with Crippen LogP contribution in [-0.2, 0) is 0 Å². The van der Waals surface area contributed by atoms with Gasteiger partial charge in [0.15, 0.2) is 0 Å². The molecule has 0 aliphatic carbocycles. The molecule has 1 aromatic carbocycles. The smallest absolute Gasteiger partial charge is 0.259 e. The Labute approximate surface area is 124 Å². The molecule has 0 saturated heterocycles. The molecular formula is C12H11Cl2N3OS. The molecule has 0 radical (unpaired) electrons. The van der Waals surface area contributed by atoms with Crippen LogP contribution in [0.5, 0.6) is 0 Å². The van der Waals surface area contributed by atoms with E-state index in [-0.39, 0.29) is 11.8 Å². The molecule has 0 aliphatic rings. The van der Waals surface area contributed by atoms with Gasteiger partial charge in [-0.3, -0.25) is 10.1 Å². The number of carbonyl (C=O) groups is 1. The fourth-order valence-corrected chi connectivity index (χ4v) is 2.59. The van der Waals surface area contributed by atoms with Crippen LogP contribution in [0.3, 0.4) is 0 Å². The molecule has 1 aromatic heterocycles. The van der Waals surface area contributed by atoms with Crippen molar-refractivity contribution in [1.29, 1.82) is 0 Å². The minimum absolute atomic E-state index is 0.280. The topological polar surface area (TPSA) is 54.9 Å². The molecule has 19 heavy (non-hydrogen) atoms. The number of hydrogen-bond donors (Lipinski definition) is 1. The SMILES string of the molecule is CC(C)c1nnc(NC(=O)c2ccc(Cl)cc2Cl)s1. The lowest BCUT2D eigenvalue weighted by atomic mass is 10.2. The molecule has 1 heterocycles. The molecule has 4 nitrogen and oxygen atoms in total. The highest BCUT2D eigenvalue weighted by Crippen LogP contribution is 2.25. The number of hydrogen-bond acceptors (Lipinski definition) is 4. The van der Waals surface area contributed by atoms with Gasteiger partial charge in [0.1, 0.15) is 5.01 Å². The first kappa shape index (κ1) is 14.2. The number of anilines is 1. The lowest BCUT2D eigenvalue weighted by Gasteiger charge is -2.03. The maximum Gasteiger partial charge on any atom is 0.259 e. The Bertz CT molecular complexity index is 613. The fourth-order valence-electron chi connectivity index (χ4n) is 1.36. The number of halogens is 2. The minimum atomic E-state index is -0.326. The summed E-state index contributed by atoms with van der Waals surface area (Å²) in [6.07, 6.45) is 0. The standard InChI is InChI=1S/C12H11Cl2N3OS/c1-6(2)11-16-17-12(19-11)15-10(18)8-4-3-7(13)5-9(8)14/h3-6H,1-2H3,(H,15,17,18). The Morgan fingerprint density at radius 1 is 1.32 bits per heavy atom. The van der Waals surface area contributed by atoms with Crippen LogP contribution in [0.4, 0.5) is 5.13 Å². The van der Waals surface area contributed by atoms with Gasteiger partial charge in [-0.05, 0) is 18.2 Å². The van der Waals surface area contributed by atoms with E-state index in [1.54, 1.807) is 12.1 Å². The first-order valence-corrected chi connectivity index (χ1v) is 7.14. The van der Waals surface area contributed by atoms with Crippen LogP contribution in [0.15, 0.2) is 18.2 Å². The number of nitrogens with one attached hydrogen (secondary N) is 1. The van der Waals surface area contributed by atoms with Gasteiger partial charge < -0.3 is 0 Å². The van der Waals surface area contributed by atoms with Gasteiger partial charge in [0, 0.05) is 10.9 Å². The number of aromatic nitrogens is 2. The highest BCUT2D eigenvalue weighted by molar-refractivity contribution is 7.15. The zero-order chi connectivity index (χ0) is 14.0. The predicted molar refractivity (Wildman–Crippen MR) is 78.4 cm³/mol. The third kappa shape index (κ3) is 3.43. The Kier molecular flexibility index (Phi) is 4.39. The van der Waals surface area contributed by atoms with Gasteiger partial charge in [0.25, 0.3) is 5.91 Å². The van der Waals surface area contributed by atoms with Crippen molar-refractivity contribution < 1.29 is 4.79 Å². The summed E-state index contributed by atoms with van der Waals surface area (Å²) in [5, 5.41) is 12.7. The molecule has 0 unspecified atom stereocenters. The lowest BCUT2D eigenvalue weighted by Crippen LogP contribution is -2.12. The van der Waals surface area contributed by atoms with Crippen molar-refractivity contribution in [3.63, 3.8) is 0 Å². The van der Waals surface area contributed by atoms with Crippen LogP contribution in [0, 0.1) is 0 Å². The normalized spacial score (nSPS) is 10.8. The first-order chi connectivity index (χ1) is 8.97. The third-order valence-electron chi connectivity index (χ3n) is 2.33. The Morgan fingerprint density at radius 3 is 2.63 bits per heavy atom. The first-order valence-electron chi connectivity index (χ1n) is 5.57. The predicted octanol–water partition coefficient (Wildman–Crippen LogP) is 4.22. The summed E-state index contributed by atoms with van der Waals surface area (Å²) in [5.74, 6) is -0.0459. The van der Waals surface area contributed by atoms with Gasteiger partial charge in [-0.2, -0.15) is 0 Å². The Hall–Kier alpha value is -1.17. The van der Waals surface area contributed by atoms with Crippen LogP contribution in [0.2, 0.25) is 10.0 Å². The van der Waals surface area contributed by atoms with Crippen molar-refractivity contribution in [2.45, 2.75) is 19.8 Å². The number of rotatable bonds is 3. The highest BCUT2D eigenvalue weighted by Gasteiger charge is 2.14. The Balaban J connectivity index is 2.16. The second-order valence-corrected chi connectivity index (χ2v) is 6.03. The number of benzene rings is 1. The summed E-state index contributed by atoms with van der Waals surface area (Å²) in [5.41, 5.74) is 0.354. The number of carbonyl (C=O) groups excluding carboxylic acids is 1. The molecule has 1 N–H and O–H groups in total. The monoisotopic (exact) mass is 315 g/mol. The van der Waals surface area contributed by atoms with Crippen molar-refractivity contribution in [2.24, 2.45) is 0 Å². The highest BCUT2D eigenvalue weighted by atomic mass is 35.5. The minimum Gasteiger partial charge on any atom is -0.296 e. The second-order valence-electron chi connectivity index (χ2n) is 4.18. The van der Waals surface area contributed by atoms with Gasteiger partial charge in [-0.1, -0.05) is 48.4 Å². The van der Waals surface area contributed by atoms with Crippen LogP contribution < -0.4 is 5.32 Å². The van der Waals surface area contributed by atoms with E-state index >= 15 is 0 Å². The van der Waals surface area contributed by atoms with E-state index in [2.05, 4.69) is 15.5 Å². The van der Waals surface area contributed by atoms with E-state index in [9.17, 15) is 4.79 Å². The summed E-state index contributed by atoms with van der Waals surface area (Å²) < 4.78 is 0. The summed E-state index contributed by atoms with van der Waals surface area (Å²) in [7, 11) is 0. The number of amides is 1. The molecule has 0 spiro atoms. The van der Waals surface area contributed by atoms with Gasteiger partial charge in [-0.25, -0.2) is 0 Å². The van der Waals surface area contributed by atoms with Crippen molar-refractivity contribution in [3.8, 4) is 0 Å². The van der Waals surface area contributed by atoms with Crippen molar-refractivity contribution >= 4 is 45.6 Å². The van der Waals surface area contributed by atoms with Crippen molar-refractivity contribution in [3.05, 3.63) is 38.8 Å². The lowest BCUT2D eigenvalue weighted by molar-refractivity contribution is 0.102. The van der Waals surface area contributed by atoms with Crippen LogP contribution in [0.1, 0.15) is 35.1 Å². The van der Waals surface area contributed by atoms with E-state index in [1.807, 2.05) is 13.8 Å². The van der Waals surface area contributed by atoms with Crippen LogP contribution in [0.25, 0.3) is 0 Å². The Morgan fingerprint density at radius 2 is 2.05 bits per heavy atom. The third-order valence-corrected chi connectivity index (χ3v) is 4.02. The van der Waals surface area contributed by atoms with Crippen molar-refractivity contribution in [1.82, 2.24) is 10.2 Å². The molecule has 7 heteroatoms. The van der Waals surface area contributed by atoms with E-state index in [0.717, 1.165) is 5.01 Å². The average molecular weight is 316 g/mol. The van der Waals surface area contributed by atoms with Gasteiger partial charge in [0.2, 0.25) is 5.13 Å². The molecule has 0 saturated carbocycles. The zero-order valence-electron chi connectivity index (χ0n) is 10.3. The maximum absolute atomic E-state index is 12.0. The summed E-state index contributed by atoms with van der Waals surface area (Å²) in [4.78, 5) is 12.0. The van der Waals surface area contributed by atoms with E-state index in [1.165, 1.54) is 17.4 Å². The molecule has 2 aromatic rings. The van der Waals surface area contributed by atoms with E-state index in [0.29, 0.717) is 20.7 Å². The zero-order valence-corrected chi connectivity index (χ0v) is 12.6. The quantitative estimate of drug-likeness (QED) is 0.922. The summed E-state index contributed by atoms with van der Waals surface area (Å²) >= 11 is 13.1. The number of nitrogens with zero attached hydrogens (tertiary/aromatic N) is 2. The van der Waals surface area contributed by atoms with E-state index in [4.69, 9.17) is 23.2 Å². The molecule has 0 aliphatic heterocycles. The molecular weight excluding hydrogens is 305 g/mol. The van der Waals surface area contributed by atoms with Gasteiger partial charge in [0.05, 0.1) is 10.6 Å². The van der Waals surface area contributed by atoms with E-state index < -0.39 is 0 Å². The maximum atomic E-state index is 12.0. The summed E-state index contributed by atoms with van der Waals surface area (Å²) in [6.45, 7) is 4.03. The van der Waals surface area contributed by atoms with Crippen LogP contribution in [-0.4, -0.2) is 16.1 Å². The van der Waals surface area contributed by atoms with Gasteiger partial charge in [-0.15, -0.1) is 10.2 Å². The molecule has 0 bridgehead atoms. The van der Waals surface area contributed by atoms with Gasteiger partial charge >= 0.3 is 0 Å². The second kappa shape index (κ2) is 5.86. The van der Waals surface area contributed by atoms with Crippen molar-refractivity contribution in [2.75, 3.05) is 5.32 Å². The van der Waals surface area contributed by atoms with Crippen LogP contribution >= 0.6 is 34.5 Å². The largest absolute Gasteiger partial charge is 0.296 e. The fraction of sp³-hybridized carbons (Fsp3) is 0.250.